The number of carboxylic acids is 1. The van der Waals surface area contributed by atoms with Crippen molar-refractivity contribution in [3.05, 3.63) is 81.0 Å². The van der Waals surface area contributed by atoms with Crippen LogP contribution in [0.15, 0.2) is 64.2 Å². The molecule has 3 rings (SSSR count). The molecule has 0 saturated heterocycles. The van der Waals surface area contributed by atoms with E-state index in [1.807, 2.05) is 19.9 Å². The Bertz CT molecular complexity index is 1430. The van der Waals surface area contributed by atoms with E-state index >= 15 is 0 Å². The van der Waals surface area contributed by atoms with Crippen LogP contribution in [0.25, 0.3) is 10.9 Å². The van der Waals surface area contributed by atoms with Gasteiger partial charge in [-0.25, -0.2) is 14.2 Å². The summed E-state index contributed by atoms with van der Waals surface area (Å²) < 4.78 is 0.884. The van der Waals surface area contributed by atoms with Gasteiger partial charge in [0.05, 0.1) is 10.9 Å². The number of nitrogens with one attached hydrogen (secondary N) is 3. The van der Waals surface area contributed by atoms with E-state index in [1.54, 1.807) is 62.4 Å². The number of aromatic amines is 1. The molecule has 0 radical (unpaired) electrons. The molecule has 4 N–H and O–H groups in total. The van der Waals surface area contributed by atoms with Gasteiger partial charge >= 0.3 is 11.7 Å². The van der Waals surface area contributed by atoms with E-state index < -0.39 is 47.2 Å². The molecule has 5 atom stereocenters. The van der Waals surface area contributed by atoms with Gasteiger partial charge in [-0.05, 0) is 29.5 Å². The predicted octanol–water partition coefficient (Wildman–Crippen LogP) is 2.62. The van der Waals surface area contributed by atoms with Gasteiger partial charge in [0.15, 0.2) is 0 Å². The summed E-state index contributed by atoms with van der Waals surface area (Å²) in [7, 11) is 0. The Hall–Kier alpha value is -4.21. The molecule has 0 aliphatic heterocycles. The molecule has 2 aromatic carbocycles. The highest BCUT2D eigenvalue weighted by Gasteiger charge is 2.34. The number of carbonyl (C=O) groups is 3. The number of amides is 2. The van der Waals surface area contributed by atoms with Crippen molar-refractivity contribution in [3.8, 4) is 0 Å². The highest BCUT2D eigenvalue weighted by molar-refractivity contribution is 5.92. The van der Waals surface area contributed by atoms with Crippen LogP contribution in [-0.2, 0) is 20.8 Å². The number of hydrogen-bond acceptors (Lipinski definition) is 5. The largest absolute Gasteiger partial charge is 0.480 e. The number of H-pyrrole nitrogens is 1. The van der Waals surface area contributed by atoms with E-state index in [1.165, 1.54) is 0 Å². The molecule has 2 amide bonds. The molecule has 0 bridgehead atoms. The molecule has 0 unspecified atom stereocenters. The average Bonchev–Trinajstić information content (AvgIpc) is 2.93. The van der Waals surface area contributed by atoms with E-state index in [4.69, 9.17) is 0 Å². The SMILES string of the molecule is CC[C@@H](C)[C@H](NC(=O)[C@H](Cc1ccccc1)n1c(=O)[nH]c2ccccc2c1=O)C(=O)N[C@H](C(=O)O)[C@@H](C)CC. The summed E-state index contributed by atoms with van der Waals surface area (Å²) >= 11 is 0. The summed E-state index contributed by atoms with van der Waals surface area (Å²) in [4.78, 5) is 68.2. The van der Waals surface area contributed by atoms with Crippen molar-refractivity contribution in [2.75, 3.05) is 0 Å². The molecule has 0 spiro atoms. The normalized spacial score (nSPS) is 15.1. The van der Waals surface area contributed by atoms with Crippen LogP contribution in [0.2, 0.25) is 0 Å². The number of aromatic nitrogens is 2. The van der Waals surface area contributed by atoms with Gasteiger partial charge in [0, 0.05) is 6.42 Å². The first-order chi connectivity index (χ1) is 18.6. The maximum absolute atomic E-state index is 13.8. The molecule has 39 heavy (non-hydrogen) atoms. The van der Waals surface area contributed by atoms with Crippen LogP contribution in [0.5, 0.6) is 0 Å². The predicted molar refractivity (Wildman–Crippen MR) is 148 cm³/mol. The van der Waals surface area contributed by atoms with E-state index in [0.29, 0.717) is 23.9 Å². The molecule has 0 saturated carbocycles. The smallest absolute Gasteiger partial charge is 0.329 e. The number of nitrogens with zero attached hydrogens (tertiary/aromatic N) is 1. The Morgan fingerprint density at radius 1 is 0.846 bits per heavy atom. The monoisotopic (exact) mass is 536 g/mol. The fourth-order valence-corrected chi connectivity index (χ4v) is 4.48. The zero-order chi connectivity index (χ0) is 28.7. The Labute approximate surface area is 226 Å². The van der Waals surface area contributed by atoms with Crippen molar-refractivity contribution in [2.45, 2.75) is 65.1 Å². The molecule has 0 aliphatic carbocycles. The van der Waals surface area contributed by atoms with Crippen molar-refractivity contribution < 1.29 is 19.5 Å². The lowest BCUT2D eigenvalue weighted by atomic mass is 9.95. The molecule has 10 heteroatoms. The number of aliphatic carboxylic acids is 1. The Morgan fingerprint density at radius 3 is 2.03 bits per heavy atom. The van der Waals surface area contributed by atoms with Crippen LogP contribution in [-0.4, -0.2) is 44.5 Å². The molecular weight excluding hydrogens is 500 g/mol. The second-order valence-electron chi connectivity index (χ2n) is 9.94. The first-order valence-corrected chi connectivity index (χ1v) is 13.2. The van der Waals surface area contributed by atoms with Crippen LogP contribution in [0.4, 0.5) is 0 Å². The van der Waals surface area contributed by atoms with Crippen LogP contribution in [0, 0.1) is 11.8 Å². The summed E-state index contributed by atoms with van der Waals surface area (Å²) in [5.74, 6) is -3.19. The fourth-order valence-electron chi connectivity index (χ4n) is 4.48. The van der Waals surface area contributed by atoms with Gasteiger partial charge in [-0.1, -0.05) is 83.0 Å². The molecule has 3 aromatic rings. The average molecular weight is 537 g/mol. The second kappa shape index (κ2) is 13.0. The van der Waals surface area contributed by atoms with Crippen LogP contribution >= 0.6 is 0 Å². The molecule has 0 fully saturated rings. The Kier molecular flexibility index (Phi) is 9.81. The van der Waals surface area contributed by atoms with Crippen molar-refractivity contribution in [1.29, 1.82) is 0 Å². The zero-order valence-electron chi connectivity index (χ0n) is 22.6. The van der Waals surface area contributed by atoms with E-state index in [9.17, 15) is 29.1 Å². The van der Waals surface area contributed by atoms with Gasteiger partial charge in [0.2, 0.25) is 11.8 Å². The lowest BCUT2D eigenvalue weighted by Crippen LogP contribution is -2.57. The summed E-state index contributed by atoms with van der Waals surface area (Å²) in [5.41, 5.74) is -0.312. The maximum atomic E-state index is 13.8. The van der Waals surface area contributed by atoms with E-state index in [0.717, 1.165) is 4.57 Å². The third-order valence-corrected chi connectivity index (χ3v) is 7.29. The minimum Gasteiger partial charge on any atom is -0.480 e. The van der Waals surface area contributed by atoms with E-state index in [-0.39, 0.29) is 23.6 Å². The number of para-hydroxylation sites is 1. The van der Waals surface area contributed by atoms with Gasteiger partial charge in [0.25, 0.3) is 5.56 Å². The van der Waals surface area contributed by atoms with Crippen molar-refractivity contribution in [1.82, 2.24) is 20.2 Å². The van der Waals surface area contributed by atoms with Crippen molar-refractivity contribution >= 4 is 28.7 Å². The van der Waals surface area contributed by atoms with Crippen LogP contribution < -0.4 is 21.9 Å². The third-order valence-electron chi connectivity index (χ3n) is 7.29. The van der Waals surface area contributed by atoms with Gasteiger partial charge in [-0.2, -0.15) is 0 Å². The summed E-state index contributed by atoms with van der Waals surface area (Å²) in [6.07, 6.45) is 1.07. The lowest BCUT2D eigenvalue weighted by Gasteiger charge is -2.29. The number of hydrogen-bond donors (Lipinski definition) is 4. The second-order valence-corrected chi connectivity index (χ2v) is 9.94. The molecule has 208 valence electrons. The first-order valence-electron chi connectivity index (χ1n) is 13.2. The molecule has 1 aromatic heterocycles. The molecule has 10 nitrogen and oxygen atoms in total. The molecular formula is C29H36N4O6. The minimum atomic E-state index is -1.27. The maximum Gasteiger partial charge on any atom is 0.329 e. The number of rotatable bonds is 12. The summed E-state index contributed by atoms with van der Waals surface area (Å²) in [6, 6.07) is 12.0. The van der Waals surface area contributed by atoms with Crippen LogP contribution in [0.1, 0.15) is 52.1 Å². The number of carboxylic acid groups (broad SMARTS) is 1. The van der Waals surface area contributed by atoms with E-state index in [2.05, 4.69) is 15.6 Å². The lowest BCUT2D eigenvalue weighted by molar-refractivity contribution is -0.144. The van der Waals surface area contributed by atoms with Gasteiger partial charge < -0.3 is 20.7 Å². The number of benzene rings is 2. The van der Waals surface area contributed by atoms with Gasteiger partial charge in [-0.15, -0.1) is 0 Å². The van der Waals surface area contributed by atoms with Crippen molar-refractivity contribution in [2.24, 2.45) is 11.8 Å². The Balaban J connectivity index is 2.03. The number of carbonyl (C=O) groups excluding carboxylic acids is 2. The number of fused-ring (bicyclic) bond motifs is 1. The molecule has 1 heterocycles. The third kappa shape index (κ3) is 6.81. The van der Waals surface area contributed by atoms with Crippen molar-refractivity contribution in [3.63, 3.8) is 0 Å². The zero-order valence-corrected chi connectivity index (χ0v) is 22.6. The quantitative estimate of drug-likeness (QED) is 0.279. The minimum absolute atomic E-state index is 0.0213. The van der Waals surface area contributed by atoms with Gasteiger partial charge in [-0.3, -0.25) is 14.4 Å². The highest BCUT2D eigenvalue weighted by atomic mass is 16.4. The van der Waals surface area contributed by atoms with Crippen LogP contribution in [0.3, 0.4) is 0 Å². The Morgan fingerprint density at radius 2 is 1.41 bits per heavy atom. The highest BCUT2D eigenvalue weighted by Crippen LogP contribution is 2.17. The summed E-state index contributed by atoms with van der Waals surface area (Å²) in [6.45, 7) is 7.17. The molecule has 0 aliphatic rings. The summed E-state index contributed by atoms with van der Waals surface area (Å²) in [5, 5.41) is 15.2. The topological polar surface area (TPSA) is 150 Å². The first kappa shape index (κ1) is 29.3. The standard InChI is InChI=1S/C29H36N4O6/c1-5-17(3)23(26(35)32-24(28(37)38)18(4)6-2)31-25(34)22(16-19-12-8-7-9-13-19)33-27(36)20-14-10-11-15-21(20)30-29(33)39/h7-15,17-18,22-24H,5-6,16H2,1-4H3,(H,30,39)(H,31,34)(H,32,35)(H,37,38)/t17-,18+,22+,23+,24+/m1/s1. The van der Waals surface area contributed by atoms with Gasteiger partial charge in [0.1, 0.15) is 18.1 Å². The fraction of sp³-hybridized carbons (Fsp3) is 0.414.